The molecule has 2 aromatic heterocycles. The van der Waals surface area contributed by atoms with Crippen molar-refractivity contribution in [3.63, 3.8) is 0 Å². The Morgan fingerprint density at radius 3 is 2.78 bits per heavy atom. The second-order valence-corrected chi connectivity index (χ2v) is 4.89. The molecule has 1 amide bonds. The number of carbonyl (C=O) groups excluding carboxylic acids is 1. The predicted octanol–water partition coefficient (Wildman–Crippen LogP) is 3.53. The average molecular weight is 308 g/mol. The highest BCUT2D eigenvalue weighted by molar-refractivity contribution is 6.05. The molecule has 1 aromatic carbocycles. The van der Waals surface area contributed by atoms with Gasteiger partial charge < -0.3 is 9.15 Å². The van der Waals surface area contributed by atoms with Gasteiger partial charge in [0.15, 0.2) is 0 Å². The Labute approximate surface area is 134 Å². The van der Waals surface area contributed by atoms with Crippen LogP contribution < -0.4 is 9.64 Å². The Morgan fingerprint density at radius 2 is 2.09 bits per heavy atom. The zero-order valence-corrected chi connectivity index (χ0v) is 12.7. The number of furan rings is 1. The Bertz CT molecular complexity index is 770. The van der Waals surface area contributed by atoms with Crippen LogP contribution >= 0.6 is 0 Å². The molecule has 0 saturated heterocycles. The molecule has 0 aliphatic rings. The highest BCUT2D eigenvalue weighted by Gasteiger charge is 2.20. The molecule has 0 spiro atoms. The van der Waals surface area contributed by atoms with Crippen molar-refractivity contribution in [3.05, 3.63) is 78.4 Å². The lowest BCUT2D eigenvalue weighted by Crippen LogP contribution is -2.31. The van der Waals surface area contributed by atoms with Crippen LogP contribution in [0, 0.1) is 0 Å². The summed E-state index contributed by atoms with van der Waals surface area (Å²) in [6.45, 7) is 0.306. The van der Waals surface area contributed by atoms with Crippen LogP contribution in [0.4, 0.5) is 5.82 Å². The van der Waals surface area contributed by atoms with Crippen molar-refractivity contribution >= 4 is 11.7 Å². The first-order chi connectivity index (χ1) is 11.3. The molecule has 0 N–H and O–H groups in total. The predicted molar refractivity (Wildman–Crippen MR) is 86.5 cm³/mol. The monoisotopic (exact) mass is 308 g/mol. The molecule has 2 heterocycles. The number of methoxy groups -OCH3 is 1. The number of pyridine rings is 1. The lowest BCUT2D eigenvalue weighted by Gasteiger charge is -2.21. The van der Waals surface area contributed by atoms with E-state index in [9.17, 15) is 4.79 Å². The molecule has 0 fully saturated rings. The number of benzene rings is 1. The molecular weight excluding hydrogens is 292 g/mol. The molecule has 116 valence electrons. The standard InChI is InChI=1S/C18H16N2O3/c1-22-15-7-4-6-14(12-15)18(21)20(13-16-8-5-11-23-16)17-9-2-3-10-19-17/h2-12H,13H2,1H3. The maximum Gasteiger partial charge on any atom is 0.259 e. The third kappa shape index (κ3) is 3.40. The van der Waals surface area contributed by atoms with Gasteiger partial charge in [-0.05, 0) is 42.5 Å². The van der Waals surface area contributed by atoms with Gasteiger partial charge in [-0.25, -0.2) is 4.98 Å². The lowest BCUT2D eigenvalue weighted by atomic mass is 10.2. The van der Waals surface area contributed by atoms with Gasteiger partial charge >= 0.3 is 0 Å². The van der Waals surface area contributed by atoms with E-state index in [1.54, 1.807) is 60.9 Å². The largest absolute Gasteiger partial charge is 0.497 e. The summed E-state index contributed by atoms with van der Waals surface area (Å²) >= 11 is 0. The molecule has 23 heavy (non-hydrogen) atoms. The number of aromatic nitrogens is 1. The molecule has 3 aromatic rings. The summed E-state index contributed by atoms with van der Waals surface area (Å²) in [7, 11) is 1.57. The number of carbonyl (C=O) groups is 1. The number of nitrogens with zero attached hydrogens (tertiary/aromatic N) is 2. The Hall–Kier alpha value is -3.08. The molecular formula is C18H16N2O3. The lowest BCUT2D eigenvalue weighted by molar-refractivity contribution is 0.0982. The van der Waals surface area contributed by atoms with Crippen molar-refractivity contribution < 1.29 is 13.9 Å². The minimum absolute atomic E-state index is 0.168. The fourth-order valence-corrected chi connectivity index (χ4v) is 2.24. The van der Waals surface area contributed by atoms with E-state index in [1.165, 1.54) is 0 Å². The minimum Gasteiger partial charge on any atom is -0.497 e. The van der Waals surface area contributed by atoms with Crippen molar-refractivity contribution in [3.8, 4) is 5.75 Å². The number of hydrogen-bond donors (Lipinski definition) is 0. The molecule has 3 rings (SSSR count). The Kier molecular flexibility index (Phi) is 4.38. The van der Waals surface area contributed by atoms with Crippen molar-refractivity contribution in [1.82, 2.24) is 4.98 Å². The van der Waals surface area contributed by atoms with Crippen LogP contribution in [-0.4, -0.2) is 18.0 Å². The molecule has 5 heteroatoms. The van der Waals surface area contributed by atoms with Crippen LogP contribution in [0.5, 0.6) is 5.75 Å². The van der Waals surface area contributed by atoms with E-state index in [4.69, 9.17) is 9.15 Å². The van der Waals surface area contributed by atoms with Crippen LogP contribution in [0.2, 0.25) is 0 Å². The maximum atomic E-state index is 12.9. The summed E-state index contributed by atoms with van der Waals surface area (Å²) in [4.78, 5) is 18.8. The zero-order chi connectivity index (χ0) is 16.1. The second kappa shape index (κ2) is 6.79. The fraction of sp³-hybridized carbons (Fsp3) is 0.111. The first kappa shape index (κ1) is 14.8. The molecule has 0 saturated carbocycles. The Balaban J connectivity index is 1.95. The van der Waals surface area contributed by atoms with Gasteiger partial charge in [0, 0.05) is 11.8 Å². The van der Waals surface area contributed by atoms with E-state index in [0.717, 1.165) is 0 Å². The summed E-state index contributed by atoms with van der Waals surface area (Å²) in [6, 6.07) is 16.1. The van der Waals surface area contributed by atoms with Gasteiger partial charge in [-0.3, -0.25) is 9.69 Å². The number of anilines is 1. The van der Waals surface area contributed by atoms with Crippen LogP contribution in [-0.2, 0) is 6.54 Å². The average Bonchev–Trinajstić information content (AvgIpc) is 3.13. The first-order valence-corrected chi connectivity index (χ1v) is 7.17. The van der Waals surface area contributed by atoms with E-state index in [-0.39, 0.29) is 5.91 Å². The second-order valence-electron chi connectivity index (χ2n) is 4.89. The van der Waals surface area contributed by atoms with Gasteiger partial charge in [0.25, 0.3) is 5.91 Å². The first-order valence-electron chi connectivity index (χ1n) is 7.17. The van der Waals surface area contributed by atoms with Crippen molar-refractivity contribution in [2.24, 2.45) is 0 Å². The molecule has 0 radical (unpaired) electrons. The van der Waals surface area contributed by atoms with Gasteiger partial charge in [0.1, 0.15) is 17.3 Å². The summed E-state index contributed by atoms with van der Waals surface area (Å²) in [6.07, 6.45) is 3.24. The molecule has 0 aliphatic carbocycles. The SMILES string of the molecule is COc1cccc(C(=O)N(Cc2ccco2)c2ccccn2)c1. The van der Waals surface area contributed by atoms with Crippen LogP contribution in [0.25, 0.3) is 0 Å². The van der Waals surface area contributed by atoms with Crippen molar-refractivity contribution in [2.45, 2.75) is 6.54 Å². The third-order valence-electron chi connectivity index (χ3n) is 3.38. The summed E-state index contributed by atoms with van der Waals surface area (Å²) in [5, 5.41) is 0. The highest BCUT2D eigenvalue weighted by atomic mass is 16.5. The van der Waals surface area contributed by atoms with E-state index in [2.05, 4.69) is 4.98 Å². The minimum atomic E-state index is -0.168. The van der Waals surface area contributed by atoms with Gasteiger partial charge in [-0.15, -0.1) is 0 Å². The maximum absolute atomic E-state index is 12.9. The zero-order valence-electron chi connectivity index (χ0n) is 12.7. The molecule has 0 atom stereocenters. The molecule has 5 nitrogen and oxygen atoms in total. The van der Waals surface area contributed by atoms with Gasteiger partial charge in [-0.1, -0.05) is 12.1 Å². The highest BCUT2D eigenvalue weighted by Crippen LogP contribution is 2.20. The van der Waals surface area contributed by atoms with Crippen LogP contribution in [0.1, 0.15) is 16.1 Å². The summed E-state index contributed by atoms with van der Waals surface area (Å²) in [5.74, 6) is 1.72. The quantitative estimate of drug-likeness (QED) is 0.723. The fourth-order valence-electron chi connectivity index (χ4n) is 2.24. The summed E-state index contributed by atoms with van der Waals surface area (Å²) < 4.78 is 10.6. The number of hydrogen-bond acceptors (Lipinski definition) is 4. The number of amides is 1. The van der Waals surface area contributed by atoms with E-state index in [0.29, 0.717) is 29.4 Å². The smallest absolute Gasteiger partial charge is 0.259 e. The number of rotatable bonds is 5. The topological polar surface area (TPSA) is 55.6 Å². The Morgan fingerprint density at radius 1 is 1.17 bits per heavy atom. The normalized spacial score (nSPS) is 10.3. The van der Waals surface area contributed by atoms with E-state index >= 15 is 0 Å². The molecule has 0 aliphatic heterocycles. The third-order valence-corrected chi connectivity index (χ3v) is 3.38. The number of ether oxygens (including phenoxy) is 1. The van der Waals surface area contributed by atoms with E-state index in [1.807, 2.05) is 18.2 Å². The van der Waals surface area contributed by atoms with Gasteiger partial charge in [-0.2, -0.15) is 0 Å². The molecule has 0 unspecified atom stereocenters. The van der Waals surface area contributed by atoms with Crippen LogP contribution in [0.15, 0.2) is 71.5 Å². The van der Waals surface area contributed by atoms with E-state index < -0.39 is 0 Å². The van der Waals surface area contributed by atoms with Crippen molar-refractivity contribution in [2.75, 3.05) is 12.0 Å². The van der Waals surface area contributed by atoms with Gasteiger partial charge in [0.05, 0.1) is 19.9 Å². The molecule has 0 bridgehead atoms. The van der Waals surface area contributed by atoms with Crippen LogP contribution in [0.3, 0.4) is 0 Å². The summed E-state index contributed by atoms with van der Waals surface area (Å²) in [5.41, 5.74) is 0.529. The van der Waals surface area contributed by atoms with Crippen molar-refractivity contribution in [1.29, 1.82) is 0 Å². The van der Waals surface area contributed by atoms with Gasteiger partial charge in [0.2, 0.25) is 0 Å².